The molecule has 132 valence electrons. The van der Waals surface area contributed by atoms with E-state index in [9.17, 15) is 20.3 Å². The Kier molecular flexibility index (Phi) is 7.48. The Labute approximate surface area is 148 Å². The van der Waals surface area contributed by atoms with Crippen molar-refractivity contribution in [3.05, 3.63) is 58.4 Å². The number of carbonyl (C=O) groups is 1. The average Bonchev–Trinajstić information content (AvgIpc) is 2.59. The fraction of sp³-hybridized carbons (Fsp3) is 0.300. The molecule has 0 aliphatic heterocycles. The Morgan fingerprint density at radius 3 is 2.48 bits per heavy atom. The third-order valence-corrected chi connectivity index (χ3v) is 3.62. The maximum absolute atomic E-state index is 11.4. The largest absolute Gasteiger partial charge is 0.507 e. The highest BCUT2D eigenvalue weighted by molar-refractivity contribution is 5.95. The van der Waals surface area contributed by atoms with Gasteiger partial charge in [-0.05, 0) is 62.6 Å². The number of nitrogens with one attached hydrogen (secondary N) is 1. The van der Waals surface area contributed by atoms with Crippen LogP contribution in [0.2, 0.25) is 0 Å². The number of aliphatic hydroxyl groups excluding tert-OH is 1. The molecular weight excluding hydrogens is 316 g/mol. The molecule has 0 aliphatic rings. The van der Waals surface area contributed by atoms with Gasteiger partial charge in [-0.1, -0.05) is 18.6 Å². The van der Waals surface area contributed by atoms with Gasteiger partial charge < -0.3 is 15.5 Å². The Bertz CT molecular complexity index is 777. The predicted octanol–water partition coefficient (Wildman–Crippen LogP) is 4.65. The number of carboxylic acid groups (broad SMARTS) is 1. The van der Waals surface area contributed by atoms with E-state index in [4.69, 9.17) is 0 Å². The second-order valence-corrected chi connectivity index (χ2v) is 5.75. The van der Waals surface area contributed by atoms with Crippen molar-refractivity contribution in [3.8, 4) is 6.07 Å². The van der Waals surface area contributed by atoms with Crippen molar-refractivity contribution in [1.82, 2.24) is 0 Å². The van der Waals surface area contributed by atoms with E-state index < -0.39 is 5.97 Å². The van der Waals surface area contributed by atoms with Crippen LogP contribution in [0.4, 0.5) is 5.69 Å². The molecule has 0 bridgehead atoms. The molecule has 5 heteroatoms. The predicted molar refractivity (Wildman–Crippen MR) is 100 cm³/mol. The molecule has 0 saturated heterocycles. The highest BCUT2D eigenvalue weighted by Crippen LogP contribution is 2.27. The van der Waals surface area contributed by atoms with E-state index in [-0.39, 0.29) is 11.3 Å². The quantitative estimate of drug-likeness (QED) is 0.382. The van der Waals surface area contributed by atoms with Crippen LogP contribution in [0.25, 0.3) is 5.57 Å². The Morgan fingerprint density at radius 1 is 1.32 bits per heavy atom. The monoisotopic (exact) mass is 340 g/mol. The number of nitriles is 1. The molecule has 1 aromatic carbocycles. The van der Waals surface area contributed by atoms with E-state index in [1.54, 1.807) is 13.0 Å². The van der Waals surface area contributed by atoms with Gasteiger partial charge in [-0.25, -0.2) is 4.79 Å². The molecule has 3 N–H and O–H groups in total. The third kappa shape index (κ3) is 5.25. The lowest BCUT2D eigenvalue weighted by Crippen LogP contribution is -2.05. The van der Waals surface area contributed by atoms with E-state index in [2.05, 4.69) is 11.4 Å². The number of allylic oxidation sites excluding steroid dienone is 4. The zero-order valence-corrected chi connectivity index (χ0v) is 15.1. The van der Waals surface area contributed by atoms with Gasteiger partial charge in [-0.15, -0.1) is 0 Å². The Hall–Kier alpha value is -3.00. The van der Waals surface area contributed by atoms with Gasteiger partial charge in [0, 0.05) is 6.54 Å². The molecule has 0 saturated carbocycles. The normalized spacial score (nSPS) is 11.6. The minimum absolute atomic E-state index is 0.189. The number of hydrogen-bond acceptors (Lipinski definition) is 4. The molecule has 0 amide bonds. The van der Waals surface area contributed by atoms with Gasteiger partial charge in [-0.3, -0.25) is 0 Å². The number of nitrogens with zero attached hydrogens (tertiary/aromatic N) is 1. The smallest absolute Gasteiger partial charge is 0.339 e. The molecule has 0 unspecified atom stereocenters. The Balaban J connectivity index is 3.46. The molecule has 0 fully saturated rings. The van der Waals surface area contributed by atoms with Crippen LogP contribution in [0.15, 0.2) is 47.3 Å². The minimum atomic E-state index is -1.21. The van der Waals surface area contributed by atoms with Gasteiger partial charge >= 0.3 is 5.97 Å². The number of aliphatic hydroxyl groups is 1. The van der Waals surface area contributed by atoms with Gasteiger partial charge in [0.2, 0.25) is 0 Å². The summed E-state index contributed by atoms with van der Waals surface area (Å²) in [7, 11) is 0. The summed E-state index contributed by atoms with van der Waals surface area (Å²) in [5.41, 5.74) is 3.31. The molecule has 0 spiro atoms. The Morgan fingerprint density at radius 2 is 2.00 bits per heavy atom. The van der Waals surface area contributed by atoms with E-state index in [0.29, 0.717) is 11.1 Å². The van der Waals surface area contributed by atoms with E-state index in [1.165, 1.54) is 12.2 Å². The van der Waals surface area contributed by atoms with Crippen LogP contribution < -0.4 is 5.32 Å². The molecule has 1 rings (SSSR count). The molecule has 0 aromatic heterocycles. The molecule has 0 aliphatic carbocycles. The van der Waals surface area contributed by atoms with Crippen molar-refractivity contribution in [1.29, 1.82) is 5.26 Å². The van der Waals surface area contributed by atoms with E-state index >= 15 is 0 Å². The maximum atomic E-state index is 11.4. The number of aliphatic carboxylic acids is 1. The van der Waals surface area contributed by atoms with Crippen molar-refractivity contribution in [2.24, 2.45) is 0 Å². The first kappa shape index (κ1) is 20.0. The fourth-order valence-electron chi connectivity index (χ4n) is 2.28. The first-order valence-electron chi connectivity index (χ1n) is 8.12. The lowest BCUT2D eigenvalue weighted by molar-refractivity contribution is -0.132. The summed E-state index contributed by atoms with van der Waals surface area (Å²) < 4.78 is 0. The third-order valence-electron chi connectivity index (χ3n) is 3.62. The standard InChI is InChI=1S/C20H24N2O3/c1-5-9-22-18-8-7-14(10-15(18)12-21)16(13(3)4)11-17(20(24)25)19(23)6-2/h6-8,10-11,22-23H,5,9H2,1-4H3,(H,24,25)/b17-11+,19-6+. The van der Waals surface area contributed by atoms with Crippen LogP contribution in [0.5, 0.6) is 0 Å². The van der Waals surface area contributed by atoms with Crippen LogP contribution >= 0.6 is 0 Å². The summed E-state index contributed by atoms with van der Waals surface area (Å²) in [5.74, 6) is -1.51. The molecular formula is C20H24N2O3. The van der Waals surface area contributed by atoms with Crippen molar-refractivity contribution < 1.29 is 15.0 Å². The van der Waals surface area contributed by atoms with Gasteiger partial charge in [0.15, 0.2) is 0 Å². The zero-order valence-electron chi connectivity index (χ0n) is 15.1. The summed E-state index contributed by atoms with van der Waals surface area (Å²) in [6.45, 7) is 8.08. The molecule has 0 radical (unpaired) electrons. The zero-order chi connectivity index (χ0) is 19.0. The number of hydrogen-bond donors (Lipinski definition) is 3. The van der Waals surface area contributed by atoms with E-state index in [0.717, 1.165) is 29.8 Å². The summed E-state index contributed by atoms with van der Waals surface area (Å²) in [6, 6.07) is 7.54. The topological polar surface area (TPSA) is 93.4 Å². The molecule has 25 heavy (non-hydrogen) atoms. The van der Waals surface area contributed by atoms with Crippen LogP contribution in [0, 0.1) is 11.3 Å². The molecule has 0 atom stereocenters. The van der Waals surface area contributed by atoms with Gasteiger partial charge in [0.25, 0.3) is 0 Å². The molecule has 1 aromatic rings. The highest BCUT2D eigenvalue weighted by Gasteiger charge is 2.15. The summed E-state index contributed by atoms with van der Waals surface area (Å²) >= 11 is 0. The van der Waals surface area contributed by atoms with Gasteiger partial charge in [0.1, 0.15) is 17.4 Å². The first-order chi connectivity index (χ1) is 11.8. The van der Waals surface area contributed by atoms with Crippen molar-refractivity contribution in [2.75, 3.05) is 11.9 Å². The fourth-order valence-corrected chi connectivity index (χ4v) is 2.28. The van der Waals surface area contributed by atoms with Gasteiger partial charge in [0.05, 0.1) is 11.3 Å². The van der Waals surface area contributed by atoms with Crippen LogP contribution in [0.1, 0.15) is 45.2 Å². The van der Waals surface area contributed by atoms with Crippen molar-refractivity contribution >= 4 is 17.2 Å². The van der Waals surface area contributed by atoms with Crippen molar-refractivity contribution in [2.45, 2.75) is 34.1 Å². The lowest BCUT2D eigenvalue weighted by Gasteiger charge is -2.12. The maximum Gasteiger partial charge on any atom is 0.339 e. The van der Waals surface area contributed by atoms with Gasteiger partial charge in [-0.2, -0.15) is 5.26 Å². The summed E-state index contributed by atoms with van der Waals surface area (Å²) in [4.78, 5) is 11.4. The number of rotatable bonds is 7. The van der Waals surface area contributed by atoms with Crippen molar-refractivity contribution in [3.63, 3.8) is 0 Å². The second kappa shape index (κ2) is 9.33. The number of carboxylic acids is 1. The van der Waals surface area contributed by atoms with Crippen LogP contribution in [0.3, 0.4) is 0 Å². The summed E-state index contributed by atoms with van der Waals surface area (Å²) in [6.07, 6.45) is 3.71. The molecule has 5 nitrogen and oxygen atoms in total. The number of anilines is 1. The molecule has 0 heterocycles. The van der Waals surface area contributed by atoms with Crippen LogP contribution in [-0.4, -0.2) is 22.7 Å². The average molecular weight is 340 g/mol. The minimum Gasteiger partial charge on any atom is -0.507 e. The van der Waals surface area contributed by atoms with E-state index in [1.807, 2.05) is 32.9 Å². The second-order valence-electron chi connectivity index (χ2n) is 5.75. The lowest BCUT2D eigenvalue weighted by atomic mass is 9.96. The number of benzene rings is 1. The first-order valence-corrected chi connectivity index (χ1v) is 8.12. The SMILES string of the molecule is C/C=C(O)\C(=C/C(=C(C)C)c1ccc(NCCC)c(C#N)c1)C(=O)O. The highest BCUT2D eigenvalue weighted by atomic mass is 16.4. The summed E-state index contributed by atoms with van der Waals surface area (Å²) in [5, 5.41) is 31.8. The van der Waals surface area contributed by atoms with Crippen LogP contribution in [-0.2, 0) is 4.79 Å².